The molecule has 5 nitrogen and oxygen atoms in total. The van der Waals surface area contributed by atoms with Crippen molar-refractivity contribution in [2.75, 3.05) is 12.2 Å². The summed E-state index contributed by atoms with van der Waals surface area (Å²) in [5.74, 6) is 1.59. The molecule has 1 aromatic heterocycles. The molecule has 0 saturated carbocycles. The Labute approximate surface area is 172 Å². The molecule has 0 spiro atoms. The molecule has 0 unspecified atom stereocenters. The number of hydrazine groups is 1. The SMILES string of the molecule is c1ccc(-c2ccc(-c3csc(NNCc4ccc5c(c4)OCO5)n3)cc2)cc1. The van der Waals surface area contributed by atoms with Crippen LogP contribution in [0.25, 0.3) is 22.4 Å². The Morgan fingerprint density at radius 1 is 0.828 bits per heavy atom. The third-order valence-corrected chi connectivity index (χ3v) is 5.47. The topological polar surface area (TPSA) is 55.4 Å². The van der Waals surface area contributed by atoms with Crippen LogP contribution in [0, 0.1) is 0 Å². The Kier molecular flexibility index (Phi) is 4.86. The molecule has 2 N–H and O–H groups in total. The zero-order chi connectivity index (χ0) is 19.5. The van der Waals surface area contributed by atoms with Gasteiger partial charge >= 0.3 is 0 Å². The normalized spacial score (nSPS) is 12.1. The molecule has 0 atom stereocenters. The second kappa shape index (κ2) is 7.95. The van der Waals surface area contributed by atoms with Crippen LogP contribution in [0.3, 0.4) is 0 Å². The van der Waals surface area contributed by atoms with Gasteiger partial charge in [-0.15, -0.1) is 11.3 Å². The number of aromatic nitrogens is 1. The van der Waals surface area contributed by atoms with Gasteiger partial charge in [-0.05, 0) is 28.8 Å². The largest absolute Gasteiger partial charge is 0.454 e. The van der Waals surface area contributed by atoms with Crippen LogP contribution in [0.15, 0.2) is 78.2 Å². The molecule has 1 aliphatic rings. The van der Waals surface area contributed by atoms with Gasteiger partial charge in [-0.2, -0.15) is 0 Å². The van der Waals surface area contributed by atoms with Crippen LogP contribution in [0.1, 0.15) is 5.56 Å². The maximum Gasteiger partial charge on any atom is 0.231 e. The van der Waals surface area contributed by atoms with Gasteiger partial charge in [0.2, 0.25) is 6.79 Å². The van der Waals surface area contributed by atoms with Gasteiger partial charge in [0, 0.05) is 17.5 Å². The molecule has 0 radical (unpaired) electrons. The fourth-order valence-corrected chi connectivity index (χ4v) is 3.89. The second-order valence-electron chi connectivity index (χ2n) is 6.65. The lowest BCUT2D eigenvalue weighted by Crippen LogP contribution is -2.20. The monoisotopic (exact) mass is 401 g/mol. The van der Waals surface area contributed by atoms with Crippen LogP contribution in [0.4, 0.5) is 5.13 Å². The van der Waals surface area contributed by atoms with E-state index in [1.54, 1.807) is 11.3 Å². The molecule has 0 bridgehead atoms. The number of nitrogens with zero attached hydrogens (tertiary/aromatic N) is 1. The molecular weight excluding hydrogens is 382 g/mol. The van der Waals surface area contributed by atoms with E-state index in [4.69, 9.17) is 9.47 Å². The Morgan fingerprint density at radius 2 is 1.59 bits per heavy atom. The van der Waals surface area contributed by atoms with Gasteiger partial charge in [0.05, 0.1) is 5.69 Å². The molecule has 144 valence electrons. The molecule has 0 saturated heterocycles. The van der Waals surface area contributed by atoms with Gasteiger partial charge in [-0.1, -0.05) is 60.7 Å². The van der Waals surface area contributed by atoms with Crippen LogP contribution in [0.5, 0.6) is 11.5 Å². The van der Waals surface area contributed by atoms with Crippen molar-refractivity contribution < 1.29 is 9.47 Å². The van der Waals surface area contributed by atoms with Crippen LogP contribution in [0.2, 0.25) is 0 Å². The zero-order valence-corrected chi connectivity index (χ0v) is 16.4. The lowest BCUT2D eigenvalue weighted by Gasteiger charge is -2.06. The van der Waals surface area contributed by atoms with Crippen molar-refractivity contribution in [1.29, 1.82) is 0 Å². The van der Waals surface area contributed by atoms with E-state index in [9.17, 15) is 0 Å². The number of benzene rings is 3. The minimum Gasteiger partial charge on any atom is -0.454 e. The summed E-state index contributed by atoms with van der Waals surface area (Å²) in [5.41, 5.74) is 12.0. The lowest BCUT2D eigenvalue weighted by atomic mass is 10.0. The van der Waals surface area contributed by atoms with Crippen molar-refractivity contribution in [3.05, 3.63) is 83.7 Å². The molecule has 0 fully saturated rings. The fraction of sp³-hybridized carbons (Fsp3) is 0.0870. The minimum absolute atomic E-state index is 0.290. The standard InChI is InChI=1S/C23H19N3O2S/c1-2-4-17(5-3-1)18-7-9-19(10-8-18)20-14-29-23(25-20)26-24-13-16-6-11-21-22(12-16)28-15-27-21/h1-12,14,24H,13,15H2,(H,25,26). The van der Waals surface area contributed by atoms with Gasteiger partial charge in [0.1, 0.15) is 0 Å². The summed E-state index contributed by atoms with van der Waals surface area (Å²) in [7, 11) is 0. The lowest BCUT2D eigenvalue weighted by molar-refractivity contribution is 0.174. The number of thiazole rings is 1. The molecule has 4 aromatic rings. The highest BCUT2D eigenvalue weighted by Crippen LogP contribution is 2.32. The number of hydrogen-bond donors (Lipinski definition) is 2. The molecule has 29 heavy (non-hydrogen) atoms. The summed E-state index contributed by atoms with van der Waals surface area (Å²) < 4.78 is 10.7. The van der Waals surface area contributed by atoms with Crippen molar-refractivity contribution >= 4 is 16.5 Å². The molecule has 3 aromatic carbocycles. The van der Waals surface area contributed by atoms with E-state index in [1.165, 1.54) is 11.1 Å². The summed E-state index contributed by atoms with van der Waals surface area (Å²) >= 11 is 1.57. The Balaban J connectivity index is 1.20. The van der Waals surface area contributed by atoms with E-state index < -0.39 is 0 Å². The molecule has 0 aliphatic carbocycles. The van der Waals surface area contributed by atoms with Gasteiger partial charge < -0.3 is 9.47 Å². The van der Waals surface area contributed by atoms with Crippen LogP contribution >= 0.6 is 11.3 Å². The molecule has 1 aliphatic heterocycles. The first-order chi connectivity index (χ1) is 14.3. The highest BCUT2D eigenvalue weighted by atomic mass is 32.1. The van der Waals surface area contributed by atoms with Gasteiger partial charge in [0.15, 0.2) is 16.6 Å². The fourth-order valence-electron chi connectivity index (χ4n) is 3.20. The summed E-state index contributed by atoms with van der Waals surface area (Å²) in [4.78, 5) is 4.67. The van der Waals surface area contributed by atoms with Crippen molar-refractivity contribution in [3.63, 3.8) is 0 Å². The number of nitrogens with one attached hydrogen (secondary N) is 2. The van der Waals surface area contributed by atoms with Crippen molar-refractivity contribution in [2.24, 2.45) is 0 Å². The predicted octanol–water partition coefficient (Wildman–Crippen LogP) is 5.32. The number of rotatable bonds is 6. The third-order valence-electron chi connectivity index (χ3n) is 4.72. The van der Waals surface area contributed by atoms with Crippen LogP contribution in [-0.4, -0.2) is 11.8 Å². The van der Waals surface area contributed by atoms with E-state index in [1.807, 2.05) is 24.3 Å². The van der Waals surface area contributed by atoms with E-state index in [2.05, 4.69) is 69.7 Å². The highest BCUT2D eigenvalue weighted by Gasteiger charge is 2.13. The number of ether oxygens (including phenoxy) is 2. The number of anilines is 1. The summed E-state index contributed by atoms with van der Waals surface area (Å²) in [6, 6.07) is 24.8. The average molecular weight is 401 g/mol. The van der Waals surface area contributed by atoms with E-state index in [-0.39, 0.29) is 0 Å². The Morgan fingerprint density at radius 3 is 2.45 bits per heavy atom. The zero-order valence-electron chi connectivity index (χ0n) is 15.6. The van der Waals surface area contributed by atoms with E-state index in [0.29, 0.717) is 13.3 Å². The quantitative estimate of drug-likeness (QED) is 0.428. The number of fused-ring (bicyclic) bond motifs is 1. The van der Waals surface area contributed by atoms with Gasteiger partial charge in [0.25, 0.3) is 0 Å². The maximum absolute atomic E-state index is 5.41. The van der Waals surface area contributed by atoms with Crippen molar-refractivity contribution in [1.82, 2.24) is 10.4 Å². The molecule has 2 heterocycles. The molecule has 5 rings (SSSR count). The first-order valence-corrected chi connectivity index (χ1v) is 10.2. The first-order valence-electron chi connectivity index (χ1n) is 9.34. The van der Waals surface area contributed by atoms with Crippen LogP contribution < -0.4 is 20.3 Å². The highest BCUT2D eigenvalue weighted by molar-refractivity contribution is 7.14. The van der Waals surface area contributed by atoms with Crippen molar-refractivity contribution in [2.45, 2.75) is 6.54 Å². The van der Waals surface area contributed by atoms with Crippen molar-refractivity contribution in [3.8, 4) is 33.9 Å². The average Bonchev–Trinajstić information content (AvgIpc) is 3.44. The van der Waals surface area contributed by atoms with Crippen LogP contribution in [-0.2, 0) is 6.54 Å². The first kappa shape index (κ1) is 17.7. The van der Waals surface area contributed by atoms with Gasteiger partial charge in [-0.3, -0.25) is 5.43 Å². The molecule has 6 heteroatoms. The minimum atomic E-state index is 0.290. The number of hydrogen-bond acceptors (Lipinski definition) is 6. The predicted molar refractivity (Wildman–Crippen MR) is 116 cm³/mol. The van der Waals surface area contributed by atoms with E-state index >= 15 is 0 Å². The summed E-state index contributed by atoms with van der Waals surface area (Å²) in [6.07, 6.45) is 0. The summed E-state index contributed by atoms with van der Waals surface area (Å²) in [6.45, 7) is 0.940. The molecular formula is C23H19N3O2S. The second-order valence-corrected chi connectivity index (χ2v) is 7.51. The third kappa shape index (κ3) is 3.94. The Bertz CT molecular complexity index is 1110. The van der Waals surface area contributed by atoms with E-state index in [0.717, 1.165) is 33.5 Å². The van der Waals surface area contributed by atoms with Gasteiger partial charge in [-0.25, -0.2) is 10.4 Å². The maximum atomic E-state index is 5.41. The smallest absolute Gasteiger partial charge is 0.231 e. The Hall–Kier alpha value is -3.35. The molecule has 0 amide bonds. The summed E-state index contributed by atoms with van der Waals surface area (Å²) in [5, 5.41) is 2.88.